The maximum Gasteiger partial charge on any atom is 0.126 e. The summed E-state index contributed by atoms with van der Waals surface area (Å²) < 4.78 is 18.9. The van der Waals surface area contributed by atoms with Gasteiger partial charge < -0.3 is 10.5 Å². The number of halogens is 2. The molecule has 0 saturated carbocycles. The van der Waals surface area contributed by atoms with Crippen LogP contribution in [-0.4, -0.2) is 37.2 Å². The SMILES string of the molecule is Cc1ccc(CN2CCOC(CN)C2)cc1F.Cl. The summed E-state index contributed by atoms with van der Waals surface area (Å²) in [4.78, 5) is 2.26. The normalized spacial score (nSPS) is 20.5. The van der Waals surface area contributed by atoms with Gasteiger partial charge in [-0.1, -0.05) is 12.1 Å². The van der Waals surface area contributed by atoms with Crippen molar-refractivity contribution in [2.24, 2.45) is 5.73 Å². The van der Waals surface area contributed by atoms with Gasteiger partial charge in [0.2, 0.25) is 0 Å². The smallest absolute Gasteiger partial charge is 0.126 e. The van der Waals surface area contributed by atoms with Crippen molar-refractivity contribution in [3.8, 4) is 0 Å². The van der Waals surface area contributed by atoms with Gasteiger partial charge in [-0.3, -0.25) is 4.90 Å². The standard InChI is InChI=1S/C13H19FN2O.ClH/c1-10-2-3-11(6-13(10)14)8-16-4-5-17-12(7-15)9-16;/h2-3,6,12H,4-5,7-9,15H2,1H3;1H. The molecule has 5 heteroatoms. The molecule has 0 radical (unpaired) electrons. The molecular weight excluding hydrogens is 255 g/mol. The van der Waals surface area contributed by atoms with Crippen LogP contribution in [0.1, 0.15) is 11.1 Å². The highest BCUT2D eigenvalue weighted by atomic mass is 35.5. The van der Waals surface area contributed by atoms with Crippen LogP contribution in [0.15, 0.2) is 18.2 Å². The van der Waals surface area contributed by atoms with Crippen LogP contribution in [-0.2, 0) is 11.3 Å². The van der Waals surface area contributed by atoms with E-state index < -0.39 is 0 Å². The number of nitrogens with two attached hydrogens (primary N) is 1. The fraction of sp³-hybridized carbons (Fsp3) is 0.538. The van der Waals surface area contributed by atoms with E-state index in [-0.39, 0.29) is 24.3 Å². The summed E-state index contributed by atoms with van der Waals surface area (Å²) in [5, 5.41) is 0. The van der Waals surface area contributed by atoms with Crippen molar-refractivity contribution in [2.45, 2.75) is 19.6 Å². The lowest BCUT2D eigenvalue weighted by Gasteiger charge is -2.32. The molecule has 102 valence electrons. The molecule has 0 amide bonds. The largest absolute Gasteiger partial charge is 0.374 e. The summed E-state index contributed by atoms with van der Waals surface area (Å²) >= 11 is 0. The maximum atomic E-state index is 13.4. The number of aryl methyl sites for hydroxylation is 1. The molecule has 1 unspecified atom stereocenters. The lowest BCUT2D eigenvalue weighted by Crippen LogP contribution is -2.45. The van der Waals surface area contributed by atoms with E-state index >= 15 is 0 Å². The molecule has 0 bridgehead atoms. The van der Waals surface area contributed by atoms with Gasteiger partial charge in [-0.05, 0) is 24.1 Å². The summed E-state index contributed by atoms with van der Waals surface area (Å²) in [5.41, 5.74) is 7.29. The van der Waals surface area contributed by atoms with Crippen LogP contribution in [0.3, 0.4) is 0 Å². The van der Waals surface area contributed by atoms with E-state index in [9.17, 15) is 4.39 Å². The summed E-state index contributed by atoms with van der Waals surface area (Å²) in [5.74, 6) is -0.133. The molecule has 18 heavy (non-hydrogen) atoms. The molecule has 0 spiro atoms. The Morgan fingerprint density at radius 1 is 1.50 bits per heavy atom. The van der Waals surface area contributed by atoms with Gasteiger partial charge in [0.15, 0.2) is 0 Å². The lowest BCUT2D eigenvalue weighted by atomic mass is 10.1. The van der Waals surface area contributed by atoms with Crippen molar-refractivity contribution < 1.29 is 9.13 Å². The number of rotatable bonds is 3. The monoisotopic (exact) mass is 274 g/mol. The van der Waals surface area contributed by atoms with Gasteiger partial charge in [-0.2, -0.15) is 0 Å². The Morgan fingerprint density at radius 3 is 2.94 bits per heavy atom. The lowest BCUT2D eigenvalue weighted by molar-refractivity contribution is -0.0260. The number of hydrogen-bond donors (Lipinski definition) is 1. The number of benzene rings is 1. The predicted molar refractivity (Wildman–Crippen MR) is 72.5 cm³/mol. The molecule has 1 atom stereocenters. The summed E-state index contributed by atoms with van der Waals surface area (Å²) in [6.45, 7) is 5.49. The molecule has 2 rings (SSSR count). The fourth-order valence-corrected chi connectivity index (χ4v) is 2.06. The molecule has 1 aliphatic rings. The second-order valence-corrected chi connectivity index (χ2v) is 4.55. The third-order valence-electron chi connectivity index (χ3n) is 3.13. The quantitative estimate of drug-likeness (QED) is 0.912. The van der Waals surface area contributed by atoms with Crippen molar-refractivity contribution in [2.75, 3.05) is 26.2 Å². The highest BCUT2D eigenvalue weighted by molar-refractivity contribution is 5.85. The van der Waals surface area contributed by atoms with Gasteiger partial charge in [-0.15, -0.1) is 12.4 Å². The van der Waals surface area contributed by atoms with Gasteiger partial charge in [0.1, 0.15) is 5.82 Å². The molecule has 1 fully saturated rings. The highest BCUT2D eigenvalue weighted by Gasteiger charge is 2.19. The van der Waals surface area contributed by atoms with Gasteiger partial charge >= 0.3 is 0 Å². The van der Waals surface area contributed by atoms with E-state index in [4.69, 9.17) is 10.5 Å². The number of morpholine rings is 1. The number of hydrogen-bond acceptors (Lipinski definition) is 3. The molecule has 1 aromatic rings. The summed E-state index contributed by atoms with van der Waals surface area (Å²) in [6, 6.07) is 5.42. The Labute approximate surface area is 114 Å². The van der Waals surface area contributed by atoms with Crippen molar-refractivity contribution in [1.82, 2.24) is 4.90 Å². The Kier molecular flexibility index (Phi) is 6.02. The average molecular weight is 275 g/mol. The molecule has 1 saturated heterocycles. The molecule has 1 heterocycles. The molecule has 1 aliphatic heterocycles. The maximum absolute atomic E-state index is 13.4. The minimum absolute atomic E-state index is 0. The first-order chi connectivity index (χ1) is 8.19. The minimum atomic E-state index is -0.133. The van der Waals surface area contributed by atoms with E-state index in [2.05, 4.69) is 4.90 Å². The van der Waals surface area contributed by atoms with Crippen LogP contribution in [0.2, 0.25) is 0 Å². The zero-order chi connectivity index (χ0) is 12.3. The van der Waals surface area contributed by atoms with Crippen LogP contribution in [0.5, 0.6) is 0 Å². The Hall–Kier alpha value is -0.680. The highest BCUT2D eigenvalue weighted by Crippen LogP contribution is 2.13. The van der Waals surface area contributed by atoms with Crippen LogP contribution >= 0.6 is 12.4 Å². The first-order valence-corrected chi connectivity index (χ1v) is 5.98. The Balaban J connectivity index is 0.00000162. The second kappa shape index (κ2) is 7.04. The summed E-state index contributed by atoms with van der Waals surface area (Å²) in [7, 11) is 0. The van der Waals surface area contributed by atoms with Crippen LogP contribution < -0.4 is 5.73 Å². The van der Waals surface area contributed by atoms with Crippen molar-refractivity contribution in [3.05, 3.63) is 35.1 Å². The number of ether oxygens (including phenoxy) is 1. The van der Waals surface area contributed by atoms with Crippen LogP contribution in [0.25, 0.3) is 0 Å². The van der Waals surface area contributed by atoms with E-state index in [1.165, 1.54) is 0 Å². The Morgan fingerprint density at radius 2 is 2.28 bits per heavy atom. The average Bonchev–Trinajstić information content (AvgIpc) is 2.34. The van der Waals surface area contributed by atoms with Gasteiger partial charge in [0.05, 0.1) is 12.7 Å². The molecule has 0 aromatic heterocycles. The number of nitrogens with zero attached hydrogens (tertiary/aromatic N) is 1. The molecule has 0 aliphatic carbocycles. The molecule has 1 aromatic carbocycles. The second-order valence-electron chi connectivity index (χ2n) is 4.55. The van der Waals surface area contributed by atoms with Crippen molar-refractivity contribution >= 4 is 12.4 Å². The van der Waals surface area contributed by atoms with Crippen LogP contribution in [0, 0.1) is 12.7 Å². The Bertz CT molecular complexity index is 389. The molecular formula is C13H20ClFN2O. The van der Waals surface area contributed by atoms with Gasteiger partial charge in [0.25, 0.3) is 0 Å². The van der Waals surface area contributed by atoms with E-state index in [0.717, 1.165) is 25.2 Å². The fourth-order valence-electron chi connectivity index (χ4n) is 2.06. The van der Waals surface area contributed by atoms with Gasteiger partial charge in [0, 0.05) is 26.2 Å². The van der Waals surface area contributed by atoms with Crippen LogP contribution in [0.4, 0.5) is 4.39 Å². The minimum Gasteiger partial charge on any atom is -0.374 e. The topological polar surface area (TPSA) is 38.5 Å². The third kappa shape index (κ3) is 3.92. The third-order valence-corrected chi connectivity index (χ3v) is 3.13. The molecule has 3 nitrogen and oxygen atoms in total. The van der Waals surface area contributed by atoms with Crippen molar-refractivity contribution in [3.63, 3.8) is 0 Å². The predicted octanol–water partition coefficient (Wildman–Crippen LogP) is 1.72. The van der Waals surface area contributed by atoms with E-state index in [0.29, 0.717) is 18.7 Å². The first-order valence-electron chi connectivity index (χ1n) is 5.98. The van der Waals surface area contributed by atoms with E-state index in [1.54, 1.807) is 13.0 Å². The zero-order valence-corrected chi connectivity index (χ0v) is 11.4. The van der Waals surface area contributed by atoms with E-state index in [1.807, 2.05) is 12.1 Å². The van der Waals surface area contributed by atoms with Crippen molar-refractivity contribution in [1.29, 1.82) is 0 Å². The summed E-state index contributed by atoms with van der Waals surface area (Å²) in [6.07, 6.45) is 0.110. The first kappa shape index (κ1) is 15.4. The molecule has 2 N–H and O–H groups in total. The zero-order valence-electron chi connectivity index (χ0n) is 10.6. The van der Waals surface area contributed by atoms with Gasteiger partial charge in [-0.25, -0.2) is 4.39 Å².